The molecule has 0 atom stereocenters. The second kappa shape index (κ2) is 5.54. The molecule has 0 unspecified atom stereocenters. The van der Waals surface area contributed by atoms with Crippen LogP contribution in [0.5, 0.6) is 5.75 Å². The second-order valence-corrected chi connectivity index (χ2v) is 5.13. The van der Waals surface area contributed by atoms with Crippen LogP contribution < -0.4 is 10.1 Å². The summed E-state index contributed by atoms with van der Waals surface area (Å²) in [5.74, 6) is 1.04. The molecule has 0 radical (unpaired) electrons. The summed E-state index contributed by atoms with van der Waals surface area (Å²) in [4.78, 5) is 0. The van der Waals surface area contributed by atoms with Gasteiger partial charge in [0.1, 0.15) is 5.75 Å². The van der Waals surface area contributed by atoms with E-state index in [2.05, 4.69) is 38.2 Å². The predicted molar refractivity (Wildman–Crippen MR) is 71.8 cm³/mol. The van der Waals surface area contributed by atoms with Crippen LogP contribution in [0.1, 0.15) is 36.0 Å². The molecule has 0 aliphatic heterocycles. The summed E-state index contributed by atoms with van der Waals surface area (Å²) in [6, 6.07) is 5.16. The fourth-order valence-electron chi connectivity index (χ4n) is 1.94. The molecule has 0 bridgehead atoms. The average Bonchev–Trinajstić information content (AvgIpc) is 3.08. The van der Waals surface area contributed by atoms with Crippen LogP contribution in [0.2, 0.25) is 0 Å². The first-order valence-electron chi connectivity index (χ1n) is 6.61. The van der Waals surface area contributed by atoms with Gasteiger partial charge in [-0.15, -0.1) is 0 Å². The molecule has 1 aliphatic carbocycles. The van der Waals surface area contributed by atoms with Crippen LogP contribution in [-0.4, -0.2) is 19.2 Å². The third kappa shape index (κ3) is 3.74. The quantitative estimate of drug-likeness (QED) is 0.762. The van der Waals surface area contributed by atoms with Gasteiger partial charge in [0.05, 0.1) is 6.61 Å². The molecule has 2 rings (SSSR count). The highest BCUT2D eigenvalue weighted by atomic mass is 16.5. The lowest BCUT2D eigenvalue weighted by Crippen LogP contribution is -2.19. The normalized spacial score (nSPS) is 15.0. The van der Waals surface area contributed by atoms with Gasteiger partial charge < -0.3 is 10.1 Å². The molecular weight excluding hydrogens is 210 g/mol. The van der Waals surface area contributed by atoms with Crippen molar-refractivity contribution in [2.45, 2.75) is 46.1 Å². The Hall–Kier alpha value is -1.02. The average molecular weight is 233 g/mol. The Morgan fingerprint density at radius 2 is 1.82 bits per heavy atom. The van der Waals surface area contributed by atoms with E-state index in [1.807, 2.05) is 0 Å². The lowest BCUT2D eigenvalue weighted by Gasteiger charge is -2.12. The first kappa shape index (κ1) is 12.4. The summed E-state index contributed by atoms with van der Waals surface area (Å²) >= 11 is 0. The van der Waals surface area contributed by atoms with Gasteiger partial charge in [0.15, 0.2) is 0 Å². The van der Waals surface area contributed by atoms with E-state index in [1.165, 1.54) is 29.5 Å². The van der Waals surface area contributed by atoms with Crippen molar-refractivity contribution in [3.05, 3.63) is 28.8 Å². The summed E-state index contributed by atoms with van der Waals surface area (Å²) < 4.78 is 5.83. The van der Waals surface area contributed by atoms with Gasteiger partial charge in [0, 0.05) is 6.04 Å². The Kier molecular flexibility index (Phi) is 4.06. The molecule has 0 amide bonds. The topological polar surface area (TPSA) is 21.3 Å². The van der Waals surface area contributed by atoms with Crippen LogP contribution in [0.25, 0.3) is 0 Å². The van der Waals surface area contributed by atoms with Crippen molar-refractivity contribution >= 4 is 0 Å². The number of ether oxygens (including phenoxy) is 1. The van der Waals surface area contributed by atoms with E-state index < -0.39 is 0 Å². The highest BCUT2D eigenvalue weighted by Crippen LogP contribution is 2.22. The molecule has 1 aliphatic rings. The zero-order chi connectivity index (χ0) is 12.3. The zero-order valence-corrected chi connectivity index (χ0v) is 11.2. The standard InChI is InChI=1S/C15H23NO/c1-11-9-13(3)15(10-12(11)2)17-8-4-7-16-14-5-6-14/h9-10,14,16H,4-8H2,1-3H3. The molecule has 0 saturated heterocycles. The molecule has 1 saturated carbocycles. The first-order chi connectivity index (χ1) is 8.16. The number of aryl methyl sites for hydroxylation is 3. The molecule has 17 heavy (non-hydrogen) atoms. The molecule has 1 aromatic carbocycles. The molecule has 2 nitrogen and oxygen atoms in total. The number of nitrogens with one attached hydrogen (secondary N) is 1. The van der Waals surface area contributed by atoms with Gasteiger partial charge in [-0.3, -0.25) is 0 Å². The summed E-state index contributed by atoms with van der Waals surface area (Å²) in [6.07, 6.45) is 3.80. The summed E-state index contributed by atoms with van der Waals surface area (Å²) in [5.41, 5.74) is 3.88. The van der Waals surface area contributed by atoms with Gasteiger partial charge >= 0.3 is 0 Å². The van der Waals surface area contributed by atoms with Crippen LogP contribution in [0.3, 0.4) is 0 Å². The van der Waals surface area contributed by atoms with Gasteiger partial charge in [-0.25, -0.2) is 0 Å². The van der Waals surface area contributed by atoms with Crippen LogP contribution >= 0.6 is 0 Å². The van der Waals surface area contributed by atoms with Crippen molar-refractivity contribution in [2.75, 3.05) is 13.2 Å². The van der Waals surface area contributed by atoms with Gasteiger partial charge in [-0.05, 0) is 69.3 Å². The molecule has 1 fully saturated rings. The molecule has 0 spiro atoms. The highest BCUT2D eigenvalue weighted by Gasteiger charge is 2.19. The number of rotatable bonds is 6. The Balaban J connectivity index is 1.75. The Morgan fingerprint density at radius 1 is 1.12 bits per heavy atom. The Morgan fingerprint density at radius 3 is 2.53 bits per heavy atom. The van der Waals surface area contributed by atoms with E-state index in [-0.39, 0.29) is 0 Å². The molecule has 0 heterocycles. The van der Waals surface area contributed by atoms with Crippen molar-refractivity contribution in [1.29, 1.82) is 0 Å². The summed E-state index contributed by atoms with van der Waals surface area (Å²) in [7, 11) is 0. The maximum absolute atomic E-state index is 5.83. The van der Waals surface area contributed by atoms with Crippen LogP contribution in [0.15, 0.2) is 12.1 Å². The van der Waals surface area contributed by atoms with E-state index >= 15 is 0 Å². The maximum Gasteiger partial charge on any atom is 0.122 e. The fraction of sp³-hybridized carbons (Fsp3) is 0.600. The van der Waals surface area contributed by atoms with E-state index in [9.17, 15) is 0 Å². The highest BCUT2D eigenvalue weighted by molar-refractivity contribution is 5.40. The fourth-order valence-corrected chi connectivity index (χ4v) is 1.94. The third-order valence-corrected chi connectivity index (χ3v) is 3.38. The molecular formula is C15H23NO. The van der Waals surface area contributed by atoms with Crippen LogP contribution in [0, 0.1) is 20.8 Å². The first-order valence-corrected chi connectivity index (χ1v) is 6.61. The lowest BCUT2D eigenvalue weighted by atomic mass is 10.1. The number of hydrogen-bond donors (Lipinski definition) is 1. The van der Waals surface area contributed by atoms with Crippen molar-refractivity contribution in [3.63, 3.8) is 0 Å². The number of benzene rings is 1. The molecule has 94 valence electrons. The minimum atomic E-state index is 0.804. The van der Waals surface area contributed by atoms with Gasteiger partial charge in [-0.2, -0.15) is 0 Å². The van der Waals surface area contributed by atoms with Crippen LogP contribution in [0.4, 0.5) is 0 Å². The van der Waals surface area contributed by atoms with Crippen molar-refractivity contribution in [2.24, 2.45) is 0 Å². The molecule has 0 aromatic heterocycles. The summed E-state index contributed by atoms with van der Waals surface area (Å²) in [5, 5.41) is 3.50. The van der Waals surface area contributed by atoms with Gasteiger partial charge in [-0.1, -0.05) is 6.07 Å². The van der Waals surface area contributed by atoms with Crippen molar-refractivity contribution < 1.29 is 4.74 Å². The molecule has 1 aromatic rings. The minimum Gasteiger partial charge on any atom is -0.493 e. The van der Waals surface area contributed by atoms with Crippen molar-refractivity contribution in [3.8, 4) is 5.75 Å². The third-order valence-electron chi connectivity index (χ3n) is 3.38. The van der Waals surface area contributed by atoms with E-state index in [0.29, 0.717) is 0 Å². The smallest absolute Gasteiger partial charge is 0.122 e. The zero-order valence-electron chi connectivity index (χ0n) is 11.2. The molecule has 2 heteroatoms. The van der Waals surface area contributed by atoms with Crippen LogP contribution in [-0.2, 0) is 0 Å². The summed E-state index contributed by atoms with van der Waals surface area (Å²) in [6.45, 7) is 8.28. The number of hydrogen-bond acceptors (Lipinski definition) is 2. The monoisotopic (exact) mass is 233 g/mol. The Bertz CT molecular complexity index is 383. The van der Waals surface area contributed by atoms with E-state index in [4.69, 9.17) is 4.74 Å². The van der Waals surface area contributed by atoms with Gasteiger partial charge in [0.25, 0.3) is 0 Å². The Labute approximate surface area is 104 Å². The van der Waals surface area contributed by atoms with Crippen molar-refractivity contribution in [1.82, 2.24) is 5.32 Å². The van der Waals surface area contributed by atoms with Gasteiger partial charge in [0.2, 0.25) is 0 Å². The molecule has 1 N–H and O–H groups in total. The minimum absolute atomic E-state index is 0.804. The largest absolute Gasteiger partial charge is 0.493 e. The second-order valence-electron chi connectivity index (χ2n) is 5.13. The predicted octanol–water partition coefficient (Wildman–Crippen LogP) is 3.13. The van der Waals surface area contributed by atoms with E-state index in [0.717, 1.165) is 31.4 Å². The maximum atomic E-state index is 5.83. The lowest BCUT2D eigenvalue weighted by molar-refractivity contribution is 0.306. The van der Waals surface area contributed by atoms with E-state index in [1.54, 1.807) is 0 Å². The SMILES string of the molecule is Cc1cc(C)c(OCCCNC2CC2)cc1C.